The van der Waals surface area contributed by atoms with Crippen molar-refractivity contribution in [2.24, 2.45) is 5.73 Å². The van der Waals surface area contributed by atoms with Crippen molar-refractivity contribution in [3.05, 3.63) is 29.8 Å². The first-order chi connectivity index (χ1) is 9.11. The Kier molecular flexibility index (Phi) is 9.80. The molecule has 0 aliphatic rings. The molecule has 0 aliphatic carbocycles. The third-order valence-corrected chi connectivity index (χ3v) is 2.45. The second-order valence-electron chi connectivity index (χ2n) is 4.45. The first-order valence-corrected chi connectivity index (χ1v) is 6.34. The highest BCUT2D eigenvalue weighted by atomic mass is 35.5. The van der Waals surface area contributed by atoms with Crippen LogP contribution in [-0.2, 0) is 16.1 Å². The van der Waals surface area contributed by atoms with Crippen LogP contribution in [-0.4, -0.2) is 32.3 Å². The summed E-state index contributed by atoms with van der Waals surface area (Å²) in [4.78, 5) is 11.5. The fraction of sp³-hybridized carbons (Fsp3) is 0.500. The van der Waals surface area contributed by atoms with E-state index in [0.29, 0.717) is 26.2 Å². The van der Waals surface area contributed by atoms with Gasteiger partial charge in [0.15, 0.2) is 0 Å². The van der Waals surface area contributed by atoms with Crippen molar-refractivity contribution >= 4 is 18.3 Å². The average Bonchev–Trinajstić information content (AvgIpc) is 2.36. The van der Waals surface area contributed by atoms with Crippen LogP contribution in [0.3, 0.4) is 0 Å². The molecule has 0 heterocycles. The van der Waals surface area contributed by atoms with Crippen molar-refractivity contribution in [3.8, 4) is 5.75 Å². The lowest BCUT2D eigenvalue weighted by Crippen LogP contribution is -2.29. The molecule has 1 aromatic rings. The summed E-state index contributed by atoms with van der Waals surface area (Å²) in [6, 6.07) is 7.50. The van der Waals surface area contributed by atoms with E-state index in [1.54, 1.807) is 7.11 Å². The quantitative estimate of drug-likeness (QED) is 0.714. The Labute approximate surface area is 126 Å². The van der Waals surface area contributed by atoms with E-state index in [9.17, 15) is 4.79 Å². The third kappa shape index (κ3) is 7.99. The van der Waals surface area contributed by atoms with Gasteiger partial charge in [-0.15, -0.1) is 12.4 Å². The number of nitrogens with two attached hydrogens (primary N) is 1. The molecular weight excluding hydrogens is 280 g/mol. The van der Waals surface area contributed by atoms with Gasteiger partial charge in [0, 0.05) is 26.1 Å². The first-order valence-electron chi connectivity index (χ1n) is 6.34. The molecule has 0 saturated carbocycles. The van der Waals surface area contributed by atoms with Crippen LogP contribution in [0.15, 0.2) is 24.3 Å². The summed E-state index contributed by atoms with van der Waals surface area (Å²) < 4.78 is 10.4. The van der Waals surface area contributed by atoms with E-state index in [1.165, 1.54) is 0 Å². The van der Waals surface area contributed by atoms with Crippen LogP contribution in [0.4, 0.5) is 0 Å². The summed E-state index contributed by atoms with van der Waals surface area (Å²) in [6.45, 7) is 3.35. The molecule has 0 fully saturated rings. The Bertz CT molecular complexity index is 400. The van der Waals surface area contributed by atoms with Gasteiger partial charge in [-0.1, -0.05) is 12.1 Å². The monoisotopic (exact) mass is 302 g/mol. The van der Waals surface area contributed by atoms with E-state index in [0.717, 1.165) is 11.3 Å². The van der Waals surface area contributed by atoms with Crippen molar-refractivity contribution in [1.82, 2.24) is 5.32 Å². The largest absolute Gasteiger partial charge is 0.491 e. The first kappa shape index (κ1) is 18.7. The number of amides is 1. The lowest BCUT2D eigenvalue weighted by atomic mass is 10.2. The molecule has 1 aromatic carbocycles. The highest BCUT2D eigenvalue weighted by Crippen LogP contribution is 2.13. The van der Waals surface area contributed by atoms with Gasteiger partial charge in [0.25, 0.3) is 0 Å². The summed E-state index contributed by atoms with van der Waals surface area (Å²) in [5, 5.41) is 2.83. The molecule has 1 atom stereocenters. The zero-order valence-corrected chi connectivity index (χ0v) is 12.7. The van der Waals surface area contributed by atoms with Gasteiger partial charge in [-0.05, 0) is 24.6 Å². The minimum Gasteiger partial charge on any atom is -0.491 e. The van der Waals surface area contributed by atoms with Gasteiger partial charge in [-0.25, -0.2) is 0 Å². The van der Waals surface area contributed by atoms with Crippen LogP contribution in [0.25, 0.3) is 0 Å². The van der Waals surface area contributed by atoms with Crippen LogP contribution in [0.1, 0.15) is 18.9 Å². The van der Waals surface area contributed by atoms with Crippen LogP contribution in [0, 0.1) is 0 Å². The number of carbonyl (C=O) groups excluding carboxylic acids is 1. The maximum atomic E-state index is 11.5. The van der Waals surface area contributed by atoms with Crippen molar-refractivity contribution in [2.45, 2.75) is 25.9 Å². The smallest absolute Gasteiger partial charge is 0.221 e. The molecule has 0 spiro atoms. The Morgan fingerprint density at radius 1 is 1.40 bits per heavy atom. The maximum Gasteiger partial charge on any atom is 0.221 e. The van der Waals surface area contributed by atoms with E-state index < -0.39 is 0 Å². The lowest BCUT2D eigenvalue weighted by Gasteiger charge is -2.09. The number of methoxy groups -OCH3 is 1. The standard InChI is InChI=1S/C14H22N2O3.ClH/c1-11(15)8-14(17)16-10-12-4-3-5-13(9-12)19-7-6-18-2;/h3-5,9,11H,6-8,10,15H2,1-2H3,(H,16,17);1H. The molecule has 1 unspecified atom stereocenters. The molecule has 5 nitrogen and oxygen atoms in total. The minimum absolute atomic E-state index is 0. The highest BCUT2D eigenvalue weighted by molar-refractivity contribution is 5.85. The summed E-state index contributed by atoms with van der Waals surface area (Å²) in [5.74, 6) is 0.733. The molecule has 3 N–H and O–H groups in total. The Hall–Kier alpha value is -1.30. The fourth-order valence-corrected chi connectivity index (χ4v) is 1.55. The van der Waals surface area contributed by atoms with Gasteiger partial charge in [-0.3, -0.25) is 4.79 Å². The zero-order chi connectivity index (χ0) is 14.1. The molecule has 20 heavy (non-hydrogen) atoms. The van der Waals surface area contributed by atoms with Crippen molar-refractivity contribution in [1.29, 1.82) is 0 Å². The molecular formula is C14H23ClN2O3. The zero-order valence-electron chi connectivity index (χ0n) is 11.9. The van der Waals surface area contributed by atoms with Crippen molar-refractivity contribution < 1.29 is 14.3 Å². The van der Waals surface area contributed by atoms with E-state index >= 15 is 0 Å². The predicted octanol–water partition coefficient (Wildman–Crippen LogP) is 1.49. The molecule has 1 amide bonds. The number of carbonyl (C=O) groups is 1. The number of nitrogens with one attached hydrogen (secondary N) is 1. The lowest BCUT2D eigenvalue weighted by molar-refractivity contribution is -0.121. The number of ether oxygens (including phenoxy) is 2. The number of rotatable bonds is 8. The van der Waals surface area contributed by atoms with Gasteiger partial charge in [0.05, 0.1) is 6.61 Å². The maximum absolute atomic E-state index is 11.5. The average molecular weight is 303 g/mol. The third-order valence-electron chi connectivity index (χ3n) is 2.45. The molecule has 0 radical (unpaired) electrons. The fourth-order valence-electron chi connectivity index (χ4n) is 1.55. The Morgan fingerprint density at radius 2 is 2.15 bits per heavy atom. The van der Waals surface area contributed by atoms with E-state index in [-0.39, 0.29) is 24.4 Å². The SMILES string of the molecule is COCCOc1cccc(CNC(=O)CC(C)N)c1.Cl. The predicted molar refractivity (Wildman–Crippen MR) is 81.2 cm³/mol. The Morgan fingerprint density at radius 3 is 2.80 bits per heavy atom. The molecule has 0 aromatic heterocycles. The van der Waals surface area contributed by atoms with Gasteiger partial charge >= 0.3 is 0 Å². The van der Waals surface area contributed by atoms with Crippen LogP contribution in [0.5, 0.6) is 5.75 Å². The summed E-state index contributed by atoms with van der Waals surface area (Å²) in [5.41, 5.74) is 6.56. The molecule has 1 rings (SSSR count). The second-order valence-corrected chi connectivity index (χ2v) is 4.45. The molecule has 0 bridgehead atoms. The Balaban J connectivity index is 0.00000361. The second kappa shape index (κ2) is 10.5. The van der Waals surface area contributed by atoms with Crippen molar-refractivity contribution in [2.75, 3.05) is 20.3 Å². The summed E-state index contributed by atoms with van der Waals surface area (Å²) in [7, 11) is 1.63. The number of hydrogen-bond acceptors (Lipinski definition) is 4. The number of benzene rings is 1. The summed E-state index contributed by atoms with van der Waals surface area (Å²) in [6.07, 6.45) is 0.337. The summed E-state index contributed by atoms with van der Waals surface area (Å²) >= 11 is 0. The van der Waals surface area contributed by atoms with Gasteiger partial charge in [0.2, 0.25) is 5.91 Å². The van der Waals surface area contributed by atoms with Gasteiger partial charge < -0.3 is 20.5 Å². The van der Waals surface area contributed by atoms with Crippen LogP contribution >= 0.6 is 12.4 Å². The highest BCUT2D eigenvalue weighted by Gasteiger charge is 2.04. The van der Waals surface area contributed by atoms with E-state index in [4.69, 9.17) is 15.2 Å². The molecule has 0 saturated heterocycles. The number of hydrogen-bond donors (Lipinski definition) is 2. The van der Waals surface area contributed by atoms with Crippen molar-refractivity contribution in [3.63, 3.8) is 0 Å². The topological polar surface area (TPSA) is 73.6 Å². The van der Waals surface area contributed by atoms with Crippen LogP contribution < -0.4 is 15.8 Å². The molecule has 0 aliphatic heterocycles. The normalized spacial score (nSPS) is 11.3. The number of halogens is 1. The van der Waals surface area contributed by atoms with Gasteiger partial charge in [-0.2, -0.15) is 0 Å². The van der Waals surface area contributed by atoms with E-state index in [1.807, 2.05) is 31.2 Å². The molecule has 6 heteroatoms. The minimum atomic E-state index is -0.122. The van der Waals surface area contributed by atoms with E-state index in [2.05, 4.69) is 5.32 Å². The van der Waals surface area contributed by atoms with Crippen LogP contribution in [0.2, 0.25) is 0 Å². The van der Waals surface area contributed by atoms with Gasteiger partial charge in [0.1, 0.15) is 12.4 Å². The molecule has 114 valence electrons.